The Labute approximate surface area is 141 Å². The Kier molecular flexibility index (Phi) is 3.45. The Balaban J connectivity index is 1.78. The van der Waals surface area contributed by atoms with Crippen LogP contribution in [-0.4, -0.2) is 28.8 Å². The molecule has 1 aromatic carbocycles. The lowest BCUT2D eigenvalue weighted by Gasteiger charge is -2.31. The molecule has 0 radical (unpaired) electrons. The number of amidine groups is 1. The minimum Gasteiger partial charge on any atom is -0.331 e. The van der Waals surface area contributed by atoms with Gasteiger partial charge >= 0.3 is 0 Å². The molecule has 2 aliphatic heterocycles. The Hall–Kier alpha value is -1.81. The van der Waals surface area contributed by atoms with E-state index >= 15 is 0 Å². The predicted molar refractivity (Wildman–Crippen MR) is 96.6 cm³/mol. The molecule has 1 aromatic rings. The van der Waals surface area contributed by atoms with Crippen LogP contribution < -0.4 is 0 Å². The van der Waals surface area contributed by atoms with E-state index in [1.807, 2.05) is 0 Å². The molecule has 23 heavy (non-hydrogen) atoms. The van der Waals surface area contributed by atoms with E-state index in [1.54, 1.807) is 11.9 Å². The number of carbonyl (C=O) groups is 1. The molecule has 0 fully saturated rings. The van der Waals surface area contributed by atoms with Crippen LogP contribution in [0.3, 0.4) is 0 Å². The van der Waals surface area contributed by atoms with Crippen LogP contribution in [0.25, 0.3) is 5.57 Å². The van der Waals surface area contributed by atoms with Crippen molar-refractivity contribution in [3.63, 3.8) is 0 Å². The topological polar surface area (TPSA) is 32.7 Å². The third-order valence-corrected chi connectivity index (χ3v) is 5.58. The zero-order chi connectivity index (χ0) is 16.0. The number of carbonyl (C=O) groups excluding carboxylic acids is 1. The van der Waals surface area contributed by atoms with E-state index in [1.165, 1.54) is 5.56 Å². The van der Waals surface area contributed by atoms with E-state index in [9.17, 15) is 4.79 Å². The van der Waals surface area contributed by atoms with Gasteiger partial charge in [-0.25, -0.2) is 0 Å². The molecule has 3 aliphatic rings. The van der Waals surface area contributed by atoms with Gasteiger partial charge in [0, 0.05) is 35.0 Å². The number of fused-ring (bicyclic) bond motifs is 2. The van der Waals surface area contributed by atoms with Gasteiger partial charge in [0.25, 0.3) is 0 Å². The zero-order valence-electron chi connectivity index (χ0n) is 13.5. The molecule has 0 unspecified atom stereocenters. The number of nitrogens with zero attached hydrogens (tertiary/aromatic N) is 2. The van der Waals surface area contributed by atoms with Gasteiger partial charge in [0.2, 0.25) is 0 Å². The molecule has 1 aliphatic carbocycles. The molecule has 4 rings (SSSR count). The van der Waals surface area contributed by atoms with Gasteiger partial charge in [0.1, 0.15) is 5.84 Å². The maximum Gasteiger partial charge on any atom is 0.168 e. The maximum atomic E-state index is 12.8. The summed E-state index contributed by atoms with van der Waals surface area (Å²) in [5.41, 5.74) is 4.02. The number of hydrogen-bond donors (Lipinski definition) is 0. The summed E-state index contributed by atoms with van der Waals surface area (Å²) in [6, 6.07) is 6.33. The summed E-state index contributed by atoms with van der Waals surface area (Å²) in [4.78, 5) is 15.0. The van der Waals surface area contributed by atoms with Gasteiger partial charge in [0.05, 0.1) is 0 Å². The summed E-state index contributed by atoms with van der Waals surface area (Å²) in [5, 5.41) is 0. The minimum absolute atomic E-state index is 0.253. The van der Waals surface area contributed by atoms with Crippen LogP contribution in [0, 0.1) is 5.41 Å². The normalized spacial score (nSPS) is 22.2. The molecule has 4 heteroatoms. The van der Waals surface area contributed by atoms with Crippen LogP contribution in [0.5, 0.6) is 0 Å². The highest BCUT2D eigenvalue weighted by Crippen LogP contribution is 2.36. The van der Waals surface area contributed by atoms with Gasteiger partial charge < -0.3 is 4.90 Å². The van der Waals surface area contributed by atoms with Crippen LogP contribution in [0.1, 0.15) is 41.8 Å². The van der Waals surface area contributed by atoms with Crippen molar-refractivity contribution in [3.8, 4) is 0 Å². The first kappa shape index (κ1) is 14.8. The molecular formula is C19H20N2OS. The highest BCUT2D eigenvalue weighted by Gasteiger charge is 2.34. The standard InChI is InChI=1S/C19H20N2OS/c1-19(2)8-7-13-5-6-14(12-16(13)17(19)22)15-4-3-9-21-10-11-23-20-18(15)21/h3-6,9,12H,7-8,10-11H2,1-2H3. The van der Waals surface area contributed by atoms with Crippen LogP contribution in [0.15, 0.2) is 40.9 Å². The van der Waals surface area contributed by atoms with Gasteiger partial charge in [-0.05, 0) is 54.1 Å². The van der Waals surface area contributed by atoms with Gasteiger partial charge in [0.15, 0.2) is 5.78 Å². The van der Waals surface area contributed by atoms with E-state index in [-0.39, 0.29) is 11.2 Å². The summed E-state index contributed by atoms with van der Waals surface area (Å²) < 4.78 is 4.62. The number of hydrogen-bond acceptors (Lipinski definition) is 4. The molecule has 0 atom stereocenters. The third-order valence-electron chi connectivity index (χ3n) is 4.92. The SMILES string of the molecule is CC1(C)CCc2ccc(C3=CC=CN4CCSN=C34)cc2C1=O. The molecule has 0 bridgehead atoms. The lowest BCUT2D eigenvalue weighted by atomic mass is 9.72. The van der Waals surface area contributed by atoms with Gasteiger partial charge in [-0.3, -0.25) is 4.79 Å². The fourth-order valence-electron chi connectivity index (χ4n) is 3.39. The average molecular weight is 324 g/mol. The smallest absolute Gasteiger partial charge is 0.168 e. The van der Waals surface area contributed by atoms with Gasteiger partial charge in [-0.2, -0.15) is 4.40 Å². The Morgan fingerprint density at radius 1 is 1.30 bits per heavy atom. The summed E-state index contributed by atoms with van der Waals surface area (Å²) in [6.07, 6.45) is 8.16. The van der Waals surface area contributed by atoms with E-state index in [0.717, 1.165) is 47.7 Å². The summed E-state index contributed by atoms with van der Waals surface area (Å²) in [5.74, 6) is 2.29. The number of aryl methyl sites for hydroxylation is 1. The summed E-state index contributed by atoms with van der Waals surface area (Å²) >= 11 is 1.61. The van der Waals surface area contributed by atoms with Crippen molar-refractivity contribution in [3.05, 3.63) is 53.2 Å². The average Bonchev–Trinajstić information content (AvgIpc) is 2.58. The second kappa shape index (κ2) is 5.38. The van der Waals surface area contributed by atoms with Crippen LogP contribution >= 0.6 is 11.9 Å². The summed E-state index contributed by atoms with van der Waals surface area (Å²) in [7, 11) is 0. The fraction of sp³-hybridized carbons (Fsp3) is 0.368. The van der Waals surface area contributed by atoms with Gasteiger partial charge in [-0.15, -0.1) is 0 Å². The third kappa shape index (κ3) is 2.45. The first-order valence-corrected chi connectivity index (χ1v) is 9.04. The Morgan fingerprint density at radius 2 is 2.17 bits per heavy atom. The second-order valence-electron chi connectivity index (χ2n) is 6.95. The molecule has 0 aromatic heterocycles. The number of Topliss-reactive ketones (excluding diaryl/α,β-unsaturated/α-hetero) is 1. The van der Waals surface area contributed by atoms with Crippen molar-refractivity contribution in [1.29, 1.82) is 0 Å². The van der Waals surface area contributed by atoms with Crippen molar-refractivity contribution in [1.82, 2.24) is 4.90 Å². The van der Waals surface area contributed by atoms with Crippen molar-refractivity contribution < 1.29 is 4.79 Å². The lowest BCUT2D eigenvalue weighted by molar-refractivity contribution is 0.0811. The van der Waals surface area contributed by atoms with Crippen LogP contribution in [0.2, 0.25) is 0 Å². The first-order chi connectivity index (χ1) is 11.1. The number of allylic oxidation sites excluding steroid dienone is 2. The van der Waals surface area contributed by atoms with Gasteiger partial charge in [-0.1, -0.05) is 26.0 Å². The number of ketones is 1. The second-order valence-corrected chi connectivity index (χ2v) is 7.80. The highest BCUT2D eigenvalue weighted by molar-refractivity contribution is 7.98. The molecule has 0 saturated carbocycles. The van der Waals surface area contributed by atoms with Crippen LogP contribution in [-0.2, 0) is 6.42 Å². The largest absolute Gasteiger partial charge is 0.331 e. The fourth-order valence-corrected chi connectivity index (χ4v) is 4.09. The highest BCUT2D eigenvalue weighted by atomic mass is 32.2. The lowest BCUT2D eigenvalue weighted by Crippen LogP contribution is -2.33. The van der Waals surface area contributed by atoms with E-state index in [0.29, 0.717) is 0 Å². The molecule has 0 amide bonds. The monoisotopic (exact) mass is 324 g/mol. The number of rotatable bonds is 1. The molecule has 0 N–H and O–H groups in total. The molecule has 118 valence electrons. The van der Waals surface area contributed by atoms with Crippen molar-refractivity contribution in [2.24, 2.45) is 9.81 Å². The van der Waals surface area contributed by atoms with Crippen LogP contribution in [0.4, 0.5) is 0 Å². The molecule has 0 saturated heterocycles. The van der Waals surface area contributed by atoms with Crippen molar-refractivity contribution >= 4 is 29.1 Å². The molecule has 0 spiro atoms. The zero-order valence-corrected chi connectivity index (χ0v) is 14.3. The first-order valence-electron chi connectivity index (χ1n) is 8.10. The molecule has 3 nitrogen and oxygen atoms in total. The van der Waals surface area contributed by atoms with E-state index in [4.69, 9.17) is 0 Å². The number of benzene rings is 1. The predicted octanol–water partition coefficient (Wildman–Crippen LogP) is 4.11. The summed E-state index contributed by atoms with van der Waals surface area (Å²) in [6.45, 7) is 5.09. The Morgan fingerprint density at radius 3 is 3.04 bits per heavy atom. The van der Waals surface area contributed by atoms with E-state index in [2.05, 4.69) is 59.7 Å². The molecule has 2 heterocycles. The quantitative estimate of drug-likeness (QED) is 0.729. The Bertz CT molecular complexity index is 774. The minimum atomic E-state index is -0.253. The van der Waals surface area contributed by atoms with Crippen molar-refractivity contribution in [2.45, 2.75) is 26.7 Å². The van der Waals surface area contributed by atoms with Crippen molar-refractivity contribution in [2.75, 3.05) is 12.3 Å². The maximum absolute atomic E-state index is 12.8. The van der Waals surface area contributed by atoms with E-state index < -0.39 is 0 Å². The molecular weight excluding hydrogens is 304 g/mol.